The summed E-state index contributed by atoms with van der Waals surface area (Å²) in [5.74, 6) is -0.232. The van der Waals surface area contributed by atoms with Gasteiger partial charge in [0.25, 0.3) is 0 Å². The molecule has 3 rings (SSSR count). The van der Waals surface area contributed by atoms with E-state index < -0.39 is 17.3 Å². The van der Waals surface area contributed by atoms with Crippen molar-refractivity contribution in [3.63, 3.8) is 0 Å². The van der Waals surface area contributed by atoms with E-state index in [4.69, 9.17) is 9.47 Å². The molecule has 2 atom stereocenters. The molecule has 1 N–H and O–H groups in total. The van der Waals surface area contributed by atoms with Crippen molar-refractivity contribution in [2.75, 3.05) is 7.11 Å². The molecule has 0 spiro atoms. The number of aliphatic hydroxyl groups is 1. The van der Waals surface area contributed by atoms with E-state index in [9.17, 15) is 18.3 Å². The summed E-state index contributed by atoms with van der Waals surface area (Å²) < 4.78 is 49.7. The predicted molar refractivity (Wildman–Crippen MR) is 69.0 cm³/mol. The van der Waals surface area contributed by atoms with Crippen molar-refractivity contribution >= 4 is 0 Å². The minimum Gasteiger partial charge on any atom is -0.496 e. The Labute approximate surface area is 120 Å². The quantitative estimate of drug-likeness (QED) is 0.911. The van der Waals surface area contributed by atoms with E-state index in [0.29, 0.717) is 12.8 Å². The fraction of sp³-hybridized carbons (Fsp3) is 0.600. The molecule has 2 aliphatic rings. The summed E-state index contributed by atoms with van der Waals surface area (Å²) in [5.41, 5.74) is -1.82. The van der Waals surface area contributed by atoms with Gasteiger partial charge in [-0.15, -0.1) is 0 Å². The lowest BCUT2D eigenvalue weighted by molar-refractivity contribution is -0.139. The van der Waals surface area contributed by atoms with Crippen molar-refractivity contribution in [1.29, 1.82) is 0 Å². The topological polar surface area (TPSA) is 38.7 Å². The first-order valence-electron chi connectivity index (χ1n) is 6.95. The molecule has 21 heavy (non-hydrogen) atoms. The SMILES string of the molecule is COc1ccc(C2(O)CC3CCC(C2)O3)cc1C(F)(F)F. The lowest BCUT2D eigenvalue weighted by atomic mass is 9.83. The number of rotatable bonds is 2. The highest BCUT2D eigenvalue weighted by atomic mass is 19.4. The second-order valence-corrected chi connectivity index (χ2v) is 5.81. The lowest BCUT2D eigenvalue weighted by Gasteiger charge is -2.37. The number of hydrogen-bond donors (Lipinski definition) is 1. The van der Waals surface area contributed by atoms with Gasteiger partial charge in [0.05, 0.1) is 30.5 Å². The van der Waals surface area contributed by atoms with Crippen LogP contribution in [-0.2, 0) is 16.5 Å². The van der Waals surface area contributed by atoms with E-state index in [2.05, 4.69) is 0 Å². The summed E-state index contributed by atoms with van der Waals surface area (Å²) in [6.07, 6.45) is -2.25. The zero-order chi connectivity index (χ0) is 15.3. The molecule has 2 fully saturated rings. The zero-order valence-corrected chi connectivity index (χ0v) is 11.6. The van der Waals surface area contributed by atoms with Crippen molar-refractivity contribution in [2.45, 2.75) is 49.7 Å². The minimum absolute atomic E-state index is 0.0646. The molecule has 1 aromatic carbocycles. The monoisotopic (exact) mass is 302 g/mol. The van der Waals surface area contributed by atoms with Crippen LogP contribution in [0.3, 0.4) is 0 Å². The molecular weight excluding hydrogens is 285 g/mol. The second-order valence-electron chi connectivity index (χ2n) is 5.81. The molecule has 2 aliphatic heterocycles. The Bertz CT molecular complexity index is 529. The fourth-order valence-electron chi connectivity index (χ4n) is 3.37. The number of ether oxygens (including phenoxy) is 2. The average Bonchev–Trinajstić information content (AvgIpc) is 2.77. The first kappa shape index (κ1) is 14.7. The maximum atomic E-state index is 13.1. The zero-order valence-electron chi connectivity index (χ0n) is 11.6. The molecule has 6 heteroatoms. The number of methoxy groups -OCH3 is 1. The van der Waals surface area contributed by atoms with Crippen LogP contribution in [0.25, 0.3) is 0 Å². The van der Waals surface area contributed by atoms with Crippen molar-refractivity contribution in [2.24, 2.45) is 0 Å². The summed E-state index contributed by atoms with van der Waals surface area (Å²) in [7, 11) is 1.20. The van der Waals surface area contributed by atoms with Gasteiger partial charge in [0, 0.05) is 12.8 Å². The summed E-state index contributed by atoms with van der Waals surface area (Å²) in [4.78, 5) is 0. The van der Waals surface area contributed by atoms with Crippen LogP contribution in [0.1, 0.15) is 36.8 Å². The first-order valence-corrected chi connectivity index (χ1v) is 6.95. The van der Waals surface area contributed by atoms with Crippen molar-refractivity contribution in [3.8, 4) is 5.75 Å². The standard InChI is InChI=1S/C15H17F3O3/c1-20-13-5-2-9(6-12(13)15(16,17)18)14(19)7-10-3-4-11(8-14)21-10/h2,5-6,10-11,19H,3-4,7-8H2,1H3. The number of alkyl halides is 3. The Morgan fingerprint density at radius 1 is 1.24 bits per heavy atom. The van der Waals surface area contributed by atoms with Gasteiger partial charge >= 0.3 is 6.18 Å². The molecule has 1 aromatic rings. The van der Waals surface area contributed by atoms with Crippen molar-refractivity contribution < 1.29 is 27.8 Å². The Hall–Kier alpha value is -1.27. The van der Waals surface area contributed by atoms with Crippen LogP contribution in [0.2, 0.25) is 0 Å². The maximum absolute atomic E-state index is 13.1. The van der Waals surface area contributed by atoms with Crippen LogP contribution in [0.5, 0.6) is 5.75 Å². The van der Waals surface area contributed by atoms with Gasteiger partial charge in [-0.05, 0) is 30.5 Å². The third-order valence-electron chi connectivity index (χ3n) is 4.37. The average molecular weight is 302 g/mol. The molecule has 116 valence electrons. The van der Waals surface area contributed by atoms with Crippen LogP contribution in [0, 0.1) is 0 Å². The predicted octanol–water partition coefficient (Wildman–Crippen LogP) is 3.24. The van der Waals surface area contributed by atoms with E-state index in [1.807, 2.05) is 0 Å². The number of fused-ring (bicyclic) bond motifs is 2. The molecule has 2 saturated heterocycles. The van der Waals surface area contributed by atoms with E-state index >= 15 is 0 Å². The van der Waals surface area contributed by atoms with E-state index in [1.165, 1.54) is 19.2 Å². The molecule has 0 saturated carbocycles. The van der Waals surface area contributed by atoms with Crippen LogP contribution < -0.4 is 4.74 Å². The summed E-state index contributed by atoms with van der Waals surface area (Å²) >= 11 is 0. The highest BCUT2D eigenvalue weighted by molar-refractivity contribution is 5.41. The van der Waals surface area contributed by atoms with E-state index in [0.717, 1.165) is 18.9 Å². The lowest BCUT2D eigenvalue weighted by Crippen LogP contribution is -2.38. The van der Waals surface area contributed by atoms with E-state index in [1.54, 1.807) is 0 Å². The van der Waals surface area contributed by atoms with Gasteiger partial charge in [-0.1, -0.05) is 6.07 Å². The Morgan fingerprint density at radius 3 is 2.38 bits per heavy atom. The Kier molecular flexibility index (Phi) is 3.41. The molecule has 2 unspecified atom stereocenters. The van der Waals surface area contributed by atoms with Crippen LogP contribution in [0.4, 0.5) is 13.2 Å². The van der Waals surface area contributed by atoms with Gasteiger partial charge in [-0.3, -0.25) is 0 Å². The molecule has 0 radical (unpaired) electrons. The first-order chi connectivity index (χ1) is 9.82. The molecule has 2 heterocycles. The largest absolute Gasteiger partial charge is 0.496 e. The molecule has 0 amide bonds. The fourth-order valence-corrected chi connectivity index (χ4v) is 3.37. The summed E-state index contributed by atoms with van der Waals surface area (Å²) in [6, 6.07) is 3.79. The minimum atomic E-state index is -4.51. The van der Waals surface area contributed by atoms with E-state index in [-0.39, 0.29) is 23.5 Å². The molecule has 2 bridgehead atoms. The van der Waals surface area contributed by atoms with Gasteiger partial charge in [-0.25, -0.2) is 0 Å². The van der Waals surface area contributed by atoms with Gasteiger partial charge < -0.3 is 14.6 Å². The van der Waals surface area contributed by atoms with Crippen molar-refractivity contribution in [3.05, 3.63) is 29.3 Å². The van der Waals surface area contributed by atoms with Gasteiger partial charge in [0.2, 0.25) is 0 Å². The number of hydrogen-bond acceptors (Lipinski definition) is 3. The highest BCUT2D eigenvalue weighted by Gasteiger charge is 2.45. The summed E-state index contributed by atoms with van der Waals surface area (Å²) in [5, 5.41) is 10.8. The van der Waals surface area contributed by atoms with Crippen LogP contribution in [-0.4, -0.2) is 24.4 Å². The van der Waals surface area contributed by atoms with Gasteiger partial charge in [-0.2, -0.15) is 13.2 Å². The van der Waals surface area contributed by atoms with Gasteiger partial charge in [0.1, 0.15) is 5.75 Å². The third-order valence-corrected chi connectivity index (χ3v) is 4.37. The molecule has 0 aliphatic carbocycles. The molecule has 3 nitrogen and oxygen atoms in total. The molecular formula is C15H17F3O3. The smallest absolute Gasteiger partial charge is 0.419 e. The van der Waals surface area contributed by atoms with Gasteiger partial charge in [0.15, 0.2) is 0 Å². The summed E-state index contributed by atoms with van der Waals surface area (Å²) in [6.45, 7) is 0. The maximum Gasteiger partial charge on any atom is 0.419 e. The Balaban J connectivity index is 1.99. The normalized spacial score (nSPS) is 32.2. The van der Waals surface area contributed by atoms with Crippen molar-refractivity contribution in [1.82, 2.24) is 0 Å². The number of benzene rings is 1. The third kappa shape index (κ3) is 2.62. The van der Waals surface area contributed by atoms with Crippen LogP contribution in [0.15, 0.2) is 18.2 Å². The Morgan fingerprint density at radius 2 is 1.86 bits per heavy atom. The number of halogens is 3. The second kappa shape index (κ2) is 4.88. The van der Waals surface area contributed by atoms with Crippen LogP contribution >= 0.6 is 0 Å². The molecule has 0 aromatic heterocycles. The highest BCUT2D eigenvalue weighted by Crippen LogP contribution is 2.46.